The first-order valence-electron chi connectivity index (χ1n) is 3.21. The zero-order valence-electron chi connectivity index (χ0n) is 5.38. The second-order valence-electron chi connectivity index (χ2n) is 2.92. The minimum atomic E-state index is -0.222. The lowest BCUT2D eigenvalue weighted by atomic mass is 9.67. The maximum Gasteiger partial charge on any atom is 0.0553 e. The molecule has 1 saturated carbocycles. The van der Waals surface area contributed by atoms with Crippen LogP contribution < -0.4 is 5.73 Å². The molecule has 0 heterocycles. The Morgan fingerprint density at radius 2 is 2.11 bits per heavy atom. The first kappa shape index (κ1) is 6.99. The Kier molecular flexibility index (Phi) is 1.75. The molecule has 0 amide bonds. The summed E-state index contributed by atoms with van der Waals surface area (Å²) in [5.74, 6) is 0. The minimum absolute atomic E-state index is 0.112. The van der Waals surface area contributed by atoms with Crippen LogP contribution in [0.4, 0.5) is 0 Å². The molecular weight excluding hydrogens is 118 g/mol. The normalized spacial score (nSPS) is 42.3. The van der Waals surface area contributed by atoms with Crippen LogP contribution in [0.2, 0.25) is 0 Å². The summed E-state index contributed by atoms with van der Waals surface area (Å²) in [4.78, 5) is 0. The van der Waals surface area contributed by atoms with E-state index in [0.29, 0.717) is 19.4 Å². The first-order chi connectivity index (χ1) is 4.22. The van der Waals surface area contributed by atoms with Crippen LogP contribution in [0.15, 0.2) is 0 Å². The molecule has 1 aliphatic rings. The summed E-state index contributed by atoms with van der Waals surface area (Å²) in [7, 11) is 0. The summed E-state index contributed by atoms with van der Waals surface area (Å²) >= 11 is 0. The van der Waals surface area contributed by atoms with Gasteiger partial charge in [-0.2, -0.15) is 0 Å². The van der Waals surface area contributed by atoms with E-state index in [0.717, 1.165) is 0 Å². The van der Waals surface area contributed by atoms with Crippen molar-refractivity contribution in [2.75, 3.05) is 13.2 Å². The van der Waals surface area contributed by atoms with Crippen LogP contribution >= 0.6 is 0 Å². The summed E-state index contributed by atoms with van der Waals surface area (Å²) in [5.41, 5.74) is 5.23. The largest absolute Gasteiger partial charge is 0.396 e. The summed E-state index contributed by atoms with van der Waals surface area (Å²) in [6, 6.07) is 0. The fourth-order valence-corrected chi connectivity index (χ4v) is 1.30. The van der Waals surface area contributed by atoms with Gasteiger partial charge in [0.25, 0.3) is 0 Å². The molecule has 1 fully saturated rings. The molecule has 4 N–H and O–H groups in total. The van der Waals surface area contributed by atoms with Crippen molar-refractivity contribution in [2.45, 2.75) is 18.9 Å². The van der Waals surface area contributed by atoms with Gasteiger partial charge in [0.2, 0.25) is 0 Å². The Bertz CT molecular complexity index is 93.2. The van der Waals surface area contributed by atoms with E-state index in [-0.39, 0.29) is 18.1 Å². The molecule has 1 rings (SSSR count). The van der Waals surface area contributed by atoms with Gasteiger partial charge in [-0.25, -0.2) is 0 Å². The molecule has 1 aliphatic carbocycles. The van der Waals surface area contributed by atoms with E-state index in [9.17, 15) is 0 Å². The van der Waals surface area contributed by atoms with Crippen molar-refractivity contribution < 1.29 is 10.2 Å². The molecule has 54 valence electrons. The fourth-order valence-electron chi connectivity index (χ4n) is 1.30. The van der Waals surface area contributed by atoms with Crippen molar-refractivity contribution >= 4 is 0 Å². The Morgan fingerprint density at radius 1 is 1.56 bits per heavy atom. The van der Waals surface area contributed by atoms with Crippen molar-refractivity contribution in [1.29, 1.82) is 0 Å². The van der Waals surface area contributed by atoms with Gasteiger partial charge in [-0.3, -0.25) is 0 Å². The van der Waals surface area contributed by atoms with E-state index in [1.54, 1.807) is 0 Å². The van der Waals surface area contributed by atoms with Gasteiger partial charge in [-0.15, -0.1) is 0 Å². The van der Waals surface area contributed by atoms with Gasteiger partial charge < -0.3 is 15.9 Å². The number of hydrogen-bond acceptors (Lipinski definition) is 3. The van der Waals surface area contributed by atoms with Crippen molar-refractivity contribution in [2.24, 2.45) is 11.1 Å². The van der Waals surface area contributed by atoms with E-state index in [4.69, 9.17) is 15.9 Å². The lowest BCUT2D eigenvalue weighted by Gasteiger charge is -2.43. The van der Waals surface area contributed by atoms with Crippen LogP contribution in [0, 0.1) is 5.41 Å². The van der Waals surface area contributed by atoms with Gasteiger partial charge in [0, 0.05) is 12.0 Å². The van der Waals surface area contributed by atoms with E-state index < -0.39 is 0 Å². The molecule has 9 heavy (non-hydrogen) atoms. The standard InChI is InChI=1S/C6H13NO2/c7-3-6(4-8)1-5(9)2-6/h5,8-9H,1-4,7H2. The van der Waals surface area contributed by atoms with Crippen molar-refractivity contribution in [3.05, 3.63) is 0 Å². The molecule has 0 aromatic heterocycles. The molecule has 0 aromatic carbocycles. The van der Waals surface area contributed by atoms with Gasteiger partial charge in [0.05, 0.1) is 12.7 Å². The minimum Gasteiger partial charge on any atom is -0.396 e. The highest BCUT2D eigenvalue weighted by molar-refractivity contribution is 4.93. The first-order valence-corrected chi connectivity index (χ1v) is 3.21. The van der Waals surface area contributed by atoms with Crippen LogP contribution in [-0.2, 0) is 0 Å². The third kappa shape index (κ3) is 1.08. The third-order valence-corrected chi connectivity index (χ3v) is 2.11. The summed E-state index contributed by atoms with van der Waals surface area (Å²) in [5, 5.41) is 17.6. The molecule has 0 unspecified atom stereocenters. The number of rotatable bonds is 2. The van der Waals surface area contributed by atoms with Gasteiger partial charge in [-0.1, -0.05) is 0 Å². The van der Waals surface area contributed by atoms with Crippen LogP contribution in [0.3, 0.4) is 0 Å². The molecule has 0 radical (unpaired) electrons. The number of aliphatic hydroxyl groups is 2. The van der Waals surface area contributed by atoms with E-state index in [2.05, 4.69) is 0 Å². The SMILES string of the molecule is NCC1(CO)CC(O)C1. The van der Waals surface area contributed by atoms with Crippen LogP contribution in [0.1, 0.15) is 12.8 Å². The summed E-state index contributed by atoms with van der Waals surface area (Å²) in [6.45, 7) is 0.598. The second-order valence-corrected chi connectivity index (χ2v) is 2.92. The maximum atomic E-state index is 8.88. The topological polar surface area (TPSA) is 66.5 Å². The monoisotopic (exact) mass is 131 g/mol. The van der Waals surface area contributed by atoms with Crippen molar-refractivity contribution in [3.8, 4) is 0 Å². The zero-order chi connectivity index (χ0) is 6.91. The second kappa shape index (κ2) is 2.25. The number of aliphatic hydroxyl groups excluding tert-OH is 2. The van der Waals surface area contributed by atoms with Crippen molar-refractivity contribution in [3.63, 3.8) is 0 Å². The summed E-state index contributed by atoms with van der Waals surface area (Å²) < 4.78 is 0. The van der Waals surface area contributed by atoms with E-state index in [1.807, 2.05) is 0 Å². The Morgan fingerprint density at radius 3 is 2.22 bits per heavy atom. The van der Waals surface area contributed by atoms with Gasteiger partial charge in [-0.05, 0) is 12.8 Å². The van der Waals surface area contributed by atoms with Crippen LogP contribution in [-0.4, -0.2) is 29.5 Å². The quantitative estimate of drug-likeness (QED) is 0.454. The molecule has 0 bridgehead atoms. The average Bonchev–Trinajstić information content (AvgIpc) is 1.81. The molecule has 0 saturated heterocycles. The molecule has 0 aromatic rings. The zero-order valence-corrected chi connectivity index (χ0v) is 5.38. The lowest BCUT2D eigenvalue weighted by molar-refractivity contribution is -0.0576. The Balaban J connectivity index is 2.36. The van der Waals surface area contributed by atoms with E-state index in [1.165, 1.54) is 0 Å². The molecule has 0 atom stereocenters. The van der Waals surface area contributed by atoms with Crippen LogP contribution in [0.25, 0.3) is 0 Å². The Hall–Kier alpha value is -0.120. The molecule has 3 nitrogen and oxygen atoms in total. The molecule has 3 heteroatoms. The predicted molar refractivity (Wildman–Crippen MR) is 33.8 cm³/mol. The highest BCUT2D eigenvalue weighted by Gasteiger charge is 2.41. The van der Waals surface area contributed by atoms with Crippen molar-refractivity contribution in [1.82, 2.24) is 0 Å². The smallest absolute Gasteiger partial charge is 0.0553 e. The Labute approximate surface area is 54.5 Å². The average molecular weight is 131 g/mol. The van der Waals surface area contributed by atoms with Gasteiger partial charge >= 0.3 is 0 Å². The highest BCUT2D eigenvalue weighted by Crippen LogP contribution is 2.39. The highest BCUT2D eigenvalue weighted by atomic mass is 16.3. The lowest BCUT2D eigenvalue weighted by Crippen LogP contribution is -2.48. The number of nitrogens with two attached hydrogens (primary N) is 1. The van der Waals surface area contributed by atoms with Gasteiger partial charge in [0.15, 0.2) is 0 Å². The van der Waals surface area contributed by atoms with E-state index >= 15 is 0 Å². The fraction of sp³-hybridized carbons (Fsp3) is 1.00. The number of hydrogen-bond donors (Lipinski definition) is 3. The third-order valence-electron chi connectivity index (χ3n) is 2.11. The maximum absolute atomic E-state index is 8.88. The molecule has 0 aliphatic heterocycles. The van der Waals surface area contributed by atoms with Crippen LogP contribution in [0.5, 0.6) is 0 Å². The predicted octanol–water partition coefficient (Wildman–Crippen LogP) is -0.922. The summed E-state index contributed by atoms with van der Waals surface area (Å²) in [6.07, 6.45) is 1.11. The molecular formula is C6H13NO2. The van der Waals surface area contributed by atoms with Gasteiger partial charge in [0.1, 0.15) is 0 Å². The molecule has 0 spiro atoms.